The Morgan fingerprint density at radius 3 is 2.79 bits per heavy atom. The number of carbonyl (C=O) groups is 1. The van der Waals surface area contributed by atoms with E-state index in [-0.39, 0.29) is 21.5 Å². The average Bonchev–Trinajstić information content (AvgIpc) is 2.94. The number of phenols is 1. The van der Waals surface area contributed by atoms with Crippen LogP contribution >= 0.6 is 24.0 Å². The van der Waals surface area contributed by atoms with E-state index in [9.17, 15) is 20.0 Å². The maximum atomic E-state index is 12.6. The number of carbonyl (C=O) groups excluding carboxylic acids is 1. The van der Waals surface area contributed by atoms with E-state index in [0.29, 0.717) is 16.0 Å². The van der Waals surface area contributed by atoms with E-state index in [4.69, 9.17) is 17.0 Å². The van der Waals surface area contributed by atoms with Crippen LogP contribution in [-0.2, 0) is 4.79 Å². The Hall–Kier alpha value is -3.24. The number of nitro benzene ring substituents is 1. The zero-order chi connectivity index (χ0) is 20.3. The molecule has 1 saturated heterocycles. The van der Waals surface area contributed by atoms with Gasteiger partial charge in [0, 0.05) is 17.7 Å². The summed E-state index contributed by atoms with van der Waals surface area (Å²) in [6.45, 7) is 0. The number of hydrogen-bond acceptors (Lipinski definition) is 8. The lowest BCUT2D eigenvalue weighted by Gasteiger charge is -2.06. The van der Waals surface area contributed by atoms with Crippen LogP contribution < -0.4 is 4.74 Å². The number of phenolic OH excluding ortho intramolecular Hbond substituents is 1. The van der Waals surface area contributed by atoms with Crippen molar-refractivity contribution in [2.24, 2.45) is 5.10 Å². The molecule has 0 aliphatic carbocycles. The molecule has 0 aromatic heterocycles. The molecule has 0 bridgehead atoms. The van der Waals surface area contributed by atoms with Gasteiger partial charge >= 0.3 is 0 Å². The number of nitrogens with zero attached hydrogens (tertiary/aromatic N) is 3. The van der Waals surface area contributed by atoms with Gasteiger partial charge < -0.3 is 9.84 Å². The molecular formula is C18H13N3O5S2. The normalized spacial score (nSPS) is 15.6. The predicted molar refractivity (Wildman–Crippen MR) is 110 cm³/mol. The monoisotopic (exact) mass is 415 g/mol. The summed E-state index contributed by atoms with van der Waals surface area (Å²) >= 11 is 6.28. The van der Waals surface area contributed by atoms with Gasteiger partial charge in [-0.1, -0.05) is 30.0 Å². The van der Waals surface area contributed by atoms with E-state index in [1.807, 2.05) is 0 Å². The summed E-state index contributed by atoms with van der Waals surface area (Å²) in [5.74, 6) is -0.134. The molecule has 1 fully saturated rings. The number of hydrazone groups is 1. The lowest BCUT2D eigenvalue weighted by molar-refractivity contribution is -0.384. The van der Waals surface area contributed by atoms with Gasteiger partial charge in [0.2, 0.25) is 0 Å². The summed E-state index contributed by atoms with van der Waals surface area (Å²) in [7, 11) is 1.43. The van der Waals surface area contributed by atoms with E-state index < -0.39 is 10.8 Å². The minimum atomic E-state index is -0.508. The topological polar surface area (TPSA) is 105 Å². The minimum absolute atomic E-state index is 0.00578. The third kappa shape index (κ3) is 4.18. The second-order valence-electron chi connectivity index (χ2n) is 5.52. The fraction of sp³-hybridized carbons (Fsp3) is 0.0556. The maximum absolute atomic E-state index is 12.6. The molecule has 1 heterocycles. The van der Waals surface area contributed by atoms with Crippen molar-refractivity contribution >= 4 is 52.2 Å². The third-order valence-electron chi connectivity index (χ3n) is 3.68. The molecule has 8 nitrogen and oxygen atoms in total. The van der Waals surface area contributed by atoms with Crippen molar-refractivity contribution in [2.75, 3.05) is 7.11 Å². The Bertz CT molecular complexity index is 1040. The first kappa shape index (κ1) is 19.5. The average molecular weight is 415 g/mol. The van der Waals surface area contributed by atoms with Gasteiger partial charge in [0.25, 0.3) is 11.6 Å². The van der Waals surface area contributed by atoms with Crippen molar-refractivity contribution < 1.29 is 19.6 Å². The fourth-order valence-corrected chi connectivity index (χ4v) is 3.51. The fourth-order valence-electron chi connectivity index (χ4n) is 2.34. The van der Waals surface area contributed by atoms with E-state index in [1.165, 1.54) is 37.6 Å². The number of ether oxygens (including phenoxy) is 1. The Balaban J connectivity index is 1.82. The molecule has 0 saturated carbocycles. The van der Waals surface area contributed by atoms with Crippen molar-refractivity contribution in [1.82, 2.24) is 5.01 Å². The second-order valence-corrected chi connectivity index (χ2v) is 7.20. The van der Waals surface area contributed by atoms with Gasteiger partial charge in [-0.3, -0.25) is 14.9 Å². The molecule has 1 aliphatic rings. The Morgan fingerprint density at radius 2 is 2.07 bits per heavy atom. The van der Waals surface area contributed by atoms with Gasteiger partial charge in [-0.2, -0.15) is 10.1 Å². The molecule has 2 aromatic carbocycles. The summed E-state index contributed by atoms with van der Waals surface area (Å²) in [5, 5.41) is 25.6. The van der Waals surface area contributed by atoms with E-state index in [2.05, 4.69) is 5.10 Å². The Kier molecular flexibility index (Phi) is 5.71. The quantitative estimate of drug-likeness (QED) is 0.262. The molecule has 0 spiro atoms. The largest absolute Gasteiger partial charge is 0.504 e. The third-order valence-corrected chi connectivity index (χ3v) is 4.96. The van der Waals surface area contributed by atoms with Crippen LogP contribution in [0.25, 0.3) is 6.08 Å². The molecule has 0 atom stereocenters. The first-order chi connectivity index (χ1) is 13.4. The molecule has 1 amide bonds. The second kappa shape index (κ2) is 8.19. The summed E-state index contributed by atoms with van der Waals surface area (Å²) in [6.07, 6.45) is 2.95. The molecule has 2 aromatic rings. The summed E-state index contributed by atoms with van der Waals surface area (Å²) in [4.78, 5) is 23.3. The molecule has 0 radical (unpaired) electrons. The van der Waals surface area contributed by atoms with Crippen molar-refractivity contribution in [2.45, 2.75) is 0 Å². The SMILES string of the molecule is COc1cc(/C=C2/SC(=S)N(/N=C/c3cccc([N+](=O)[O-])c3)C2=O)ccc1O. The van der Waals surface area contributed by atoms with Crippen LogP contribution in [-0.4, -0.2) is 38.6 Å². The van der Waals surface area contributed by atoms with Gasteiger partial charge in [0.1, 0.15) is 0 Å². The minimum Gasteiger partial charge on any atom is -0.504 e. The van der Waals surface area contributed by atoms with Crippen LogP contribution in [0.5, 0.6) is 11.5 Å². The molecular weight excluding hydrogens is 402 g/mol. The highest BCUT2D eigenvalue weighted by Gasteiger charge is 2.32. The van der Waals surface area contributed by atoms with Gasteiger partial charge in [-0.15, -0.1) is 0 Å². The summed E-state index contributed by atoms with van der Waals surface area (Å²) in [5.41, 5.74) is 1.05. The number of rotatable bonds is 5. The number of aromatic hydroxyl groups is 1. The zero-order valence-electron chi connectivity index (χ0n) is 14.4. The number of non-ortho nitro benzene ring substituents is 1. The van der Waals surface area contributed by atoms with Crippen molar-refractivity contribution in [3.63, 3.8) is 0 Å². The van der Waals surface area contributed by atoms with E-state index in [1.54, 1.807) is 24.3 Å². The number of nitro groups is 1. The van der Waals surface area contributed by atoms with Crippen LogP contribution in [0.3, 0.4) is 0 Å². The predicted octanol–water partition coefficient (Wildman–Crippen LogP) is 3.54. The van der Waals surface area contributed by atoms with Crippen LogP contribution in [0.2, 0.25) is 0 Å². The Morgan fingerprint density at radius 1 is 1.29 bits per heavy atom. The molecule has 1 N–H and O–H groups in total. The van der Waals surface area contributed by atoms with Crippen molar-refractivity contribution in [3.8, 4) is 11.5 Å². The van der Waals surface area contributed by atoms with Crippen LogP contribution in [0.15, 0.2) is 52.5 Å². The number of amides is 1. The van der Waals surface area contributed by atoms with Crippen molar-refractivity contribution in [1.29, 1.82) is 0 Å². The number of thioether (sulfide) groups is 1. The Labute approximate surface area is 169 Å². The van der Waals surface area contributed by atoms with Crippen LogP contribution in [0.4, 0.5) is 5.69 Å². The smallest absolute Gasteiger partial charge is 0.286 e. The number of benzene rings is 2. The number of methoxy groups -OCH3 is 1. The van der Waals surface area contributed by atoms with Crippen molar-refractivity contribution in [3.05, 3.63) is 68.6 Å². The molecule has 3 rings (SSSR count). The highest BCUT2D eigenvalue weighted by molar-refractivity contribution is 8.26. The molecule has 0 unspecified atom stereocenters. The highest BCUT2D eigenvalue weighted by atomic mass is 32.2. The number of hydrogen-bond donors (Lipinski definition) is 1. The highest BCUT2D eigenvalue weighted by Crippen LogP contribution is 2.34. The maximum Gasteiger partial charge on any atom is 0.286 e. The lowest BCUT2D eigenvalue weighted by atomic mass is 10.2. The molecule has 28 heavy (non-hydrogen) atoms. The standard InChI is InChI=1S/C18H13N3O5S2/c1-26-15-8-11(5-6-14(15)22)9-16-17(23)20(18(27)28-16)19-10-12-3-2-4-13(7-12)21(24)25/h2-10,22H,1H3/b16-9+,19-10+. The van der Waals surface area contributed by atoms with Gasteiger partial charge in [-0.05, 0) is 36.0 Å². The summed E-state index contributed by atoms with van der Waals surface area (Å²) < 4.78 is 5.29. The molecule has 1 aliphatic heterocycles. The van der Waals surface area contributed by atoms with Gasteiger partial charge in [0.15, 0.2) is 15.8 Å². The van der Waals surface area contributed by atoms with Gasteiger partial charge in [-0.25, -0.2) is 0 Å². The number of thiocarbonyl (C=S) groups is 1. The lowest BCUT2D eigenvalue weighted by Crippen LogP contribution is -2.22. The first-order valence-electron chi connectivity index (χ1n) is 7.82. The molecule has 10 heteroatoms. The first-order valence-corrected chi connectivity index (χ1v) is 9.05. The van der Waals surface area contributed by atoms with E-state index >= 15 is 0 Å². The molecule has 142 valence electrons. The zero-order valence-corrected chi connectivity index (χ0v) is 16.1. The van der Waals surface area contributed by atoms with Gasteiger partial charge in [0.05, 0.1) is 23.2 Å². The van der Waals surface area contributed by atoms with Crippen LogP contribution in [0.1, 0.15) is 11.1 Å². The van der Waals surface area contributed by atoms with Crippen LogP contribution in [0, 0.1) is 10.1 Å². The summed E-state index contributed by atoms with van der Waals surface area (Å²) in [6, 6.07) is 10.6. The van der Waals surface area contributed by atoms with E-state index in [0.717, 1.165) is 16.8 Å².